The van der Waals surface area contributed by atoms with Gasteiger partial charge >= 0.3 is 12.1 Å². The topological polar surface area (TPSA) is 93.7 Å². The standard InChI is InChI=1S/C21H23ClN2O5/c1-21(2,3)29-20(27)24-17-15(19(26)28-4)10-14(11-16(17)22)18(25)23-12-13-8-6-5-7-9-13/h5-11H,12H2,1-4H3,(H,23,25)(H,24,27). The summed E-state index contributed by atoms with van der Waals surface area (Å²) in [6.07, 6.45) is -0.786. The number of rotatable bonds is 5. The van der Waals surface area contributed by atoms with Crippen LogP contribution in [-0.2, 0) is 16.0 Å². The van der Waals surface area contributed by atoms with E-state index < -0.39 is 23.6 Å². The Balaban J connectivity index is 2.27. The van der Waals surface area contributed by atoms with Crippen molar-refractivity contribution in [3.05, 3.63) is 64.2 Å². The Labute approximate surface area is 174 Å². The van der Waals surface area contributed by atoms with Crippen molar-refractivity contribution in [1.82, 2.24) is 5.32 Å². The van der Waals surface area contributed by atoms with Gasteiger partial charge in [-0.15, -0.1) is 0 Å². The van der Waals surface area contributed by atoms with Crippen LogP contribution in [0.15, 0.2) is 42.5 Å². The number of hydrogen-bond donors (Lipinski definition) is 2. The van der Waals surface area contributed by atoms with Gasteiger partial charge in [0.05, 0.1) is 23.4 Å². The van der Waals surface area contributed by atoms with Crippen molar-refractivity contribution in [3.63, 3.8) is 0 Å². The molecule has 0 aliphatic carbocycles. The summed E-state index contributed by atoms with van der Waals surface area (Å²) in [7, 11) is 1.19. The zero-order valence-corrected chi connectivity index (χ0v) is 17.4. The van der Waals surface area contributed by atoms with Crippen molar-refractivity contribution in [1.29, 1.82) is 0 Å². The molecular formula is C21H23ClN2O5. The maximum absolute atomic E-state index is 12.5. The van der Waals surface area contributed by atoms with Crippen molar-refractivity contribution >= 4 is 35.3 Å². The minimum Gasteiger partial charge on any atom is -0.465 e. The second kappa shape index (κ2) is 9.43. The Kier molecular flexibility index (Phi) is 7.23. The smallest absolute Gasteiger partial charge is 0.412 e. The summed E-state index contributed by atoms with van der Waals surface area (Å²) in [5, 5.41) is 5.21. The van der Waals surface area contributed by atoms with E-state index in [1.165, 1.54) is 19.2 Å². The van der Waals surface area contributed by atoms with Crippen LogP contribution in [-0.4, -0.2) is 30.7 Å². The summed E-state index contributed by atoms with van der Waals surface area (Å²) in [5.41, 5.74) is 0.284. The number of amides is 2. The van der Waals surface area contributed by atoms with Gasteiger partial charge in [0.15, 0.2) is 0 Å². The third kappa shape index (κ3) is 6.50. The van der Waals surface area contributed by atoms with Gasteiger partial charge in [-0.05, 0) is 38.5 Å². The van der Waals surface area contributed by atoms with Gasteiger partial charge in [0, 0.05) is 12.1 Å². The highest BCUT2D eigenvalue weighted by molar-refractivity contribution is 6.35. The van der Waals surface area contributed by atoms with Gasteiger partial charge in [0.25, 0.3) is 5.91 Å². The van der Waals surface area contributed by atoms with Crippen LogP contribution in [0, 0.1) is 0 Å². The Hall–Kier alpha value is -3.06. The molecule has 2 aromatic rings. The number of carbonyl (C=O) groups is 3. The lowest BCUT2D eigenvalue weighted by molar-refractivity contribution is 0.0602. The third-order valence-electron chi connectivity index (χ3n) is 3.68. The molecule has 0 spiro atoms. The maximum Gasteiger partial charge on any atom is 0.412 e. The molecule has 0 heterocycles. The van der Waals surface area contributed by atoms with Gasteiger partial charge in [-0.2, -0.15) is 0 Å². The van der Waals surface area contributed by atoms with E-state index in [1.54, 1.807) is 20.8 Å². The number of ether oxygens (including phenoxy) is 2. The first kappa shape index (κ1) is 22.2. The monoisotopic (exact) mass is 418 g/mol. The Morgan fingerprint density at radius 3 is 2.31 bits per heavy atom. The first-order valence-corrected chi connectivity index (χ1v) is 9.22. The molecule has 0 fully saturated rings. The fourth-order valence-corrected chi connectivity index (χ4v) is 2.69. The molecule has 2 N–H and O–H groups in total. The minimum atomic E-state index is -0.786. The molecule has 0 saturated carbocycles. The molecule has 0 aromatic heterocycles. The SMILES string of the molecule is COC(=O)c1cc(C(=O)NCc2ccccc2)cc(Cl)c1NC(=O)OC(C)(C)C. The van der Waals surface area contributed by atoms with Crippen LogP contribution in [0.3, 0.4) is 0 Å². The first-order valence-electron chi connectivity index (χ1n) is 8.84. The normalized spacial score (nSPS) is 10.8. The number of carbonyl (C=O) groups excluding carboxylic acids is 3. The number of esters is 1. The molecule has 7 nitrogen and oxygen atoms in total. The van der Waals surface area contributed by atoms with Crippen molar-refractivity contribution in [2.24, 2.45) is 0 Å². The minimum absolute atomic E-state index is 0.00335. The van der Waals surface area contributed by atoms with Crippen molar-refractivity contribution in [2.75, 3.05) is 12.4 Å². The van der Waals surface area contributed by atoms with E-state index in [-0.39, 0.29) is 21.8 Å². The van der Waals surface area contributed by atoms with Gasteiger partial charge in [0.1, 0.15) is 5.60 Å². The number of benzene rings is 2. The van der Waals surface area contributed by atoms with Crippen LogP contribution in [0.5, 0.6) is 0 Å². The molecule has 0 atom stereocenters. The molecule has 2 amide bonds. The summed E-state index contributed by atoms with van der Waals surface area (Å²) in [6, 6.07) is 12.0. The average Bonchev–Trinajstić information content (AvgIpc) is 2.66. The molecular weight excluding hydrogens is 396 g/mol. The van der Waals surface area contributed by atoms with Crippen LogP contribution in [0.25, 0.3) is 0 Å². The molecule has 29 heavy (non-hydrogen) atoms. The Morgan fingerprint density at radius 2 is 1.72 bits per heavy atom. The number of hydrogen-bond acceptors (Lipinski definition) is 5. The molecule has 0 bridgehead atoms. The highest BCUT2D eigenvalue weighted by Gasteiger charge is 2.23. The van der Waals surface area contributed by atoms with Gasteiger partial charge in [-0.1, -0.05) is 41.9 Å². The van der Waals surface area contributed by atoms with E-state index in [4.69, 9.17) is 21.1 Å². The van der Waals surface area contributed by atoms with E-state index in [0.29, 0.717) is 6.54 Å². The Morgan fingerprint density at radius 1 is 1.07 bits per heavy atom. The lowest BCUT2D eigenvalue weighted by atomic mass is 10.1. The van der Waals surface area contributed by atoms with Crippen molar-refractivity contribution in [2.45, 2.75) is 32.9 Å². The van der Waals surface area contributed by atoms with Crippen LogP contribution < -0.4 is 10.6 Å². The number of nitrogens with one attached hydrogen (secondary N) is 2. The number of anilines is 1. The number of halogens is 1. The Bertz CT molecular complexity index is 907. The largest absolute Gasteiger partial charge is 0.465 e. The second-order valence-corrected chi connectivity index (χ2v) is 7.57. The van der Waals surface area contributed by atoms with Crippen LogP contribution in [0.4, 0.5) is 10.5 Å². The molecule has 0 aliphatic heterocycles. The molecule has 2 aromatic carbocycles. The highest BCUT2D eigenvalue weighted by Crippen LogP contribution is 2.29. The molecule has 0 radical (unpaired) electrons. The zero-order valence-electron chi connectivity index (χ0n) is 16.7. The lowest BCUT2D eigenvalue weighted by Gasteiger charge is -2.21. The van der Waals surface area contributed by atoms with E-state index in [9.17, 15) is 14.4 Å². The van der Waals surface area contributed by atoms with Crippen LogP contribution in [0.2, 0.25) is 5.02 Å². The fraction of sp³-hybridized carbons (Fsp3) is 0.286. The van der Waals surface area contributed by atoms with E-state index in [0.717, 1.165) is 5.56 Å². The fourth-order valence-electron chi connectivity index (χ4n) is 2.42. The molecule has 0 unspecified atom stereocenters. The van der Waals surface area contributed by atoms with E-state index in [1.807, 2.05) is 30.3 Å². The second-order valence-electron chi connectivity index (χ2n) is 7.17. The lowest BCUT2D eigenvalue weighted by Crippen LogP contribution is -2.28. The molecule has 8 heteroatoms. The van der Waals surface area contributed by atoms with Crippen LogP contribution >= 0.6 is 11.6 Å². The summed E-state index contributed by atoms with van der Waals surface area (Å²) in [5.74, 6) is -1.18. The highest BCUT2D eigenvalue weighted by atomic mass is 35.5. The van der Waals surface area contributed by atoms with Gasteiger partial charge in [-0.25, -0.2) is 9.59 Å². The third-order valence-corrected chi connectivity index (χ3v) is 3.98. The van der Waals surface area contributed by atoms with E-state index >= 15 is 0 Å². The predicted octanol–water partition coefficient (Wildman–Crippen LogP) is 4.40. The van der Waals surface area contributed by atoms with Crippen molar-refractivity contribution in [3.8, 4) is 0 Å². The molecule has 2 rings (SSSR count). The summed E-state index contributed by atoms with van der Waals surface area (Å²) in [6.45, 7) is 5.42. The van der Waals surface area contributed by atoms with E-state index in [2.05, 4.69) is 10.6 Å². The quantitative estimate of drug-likeness (QED) is 0.701. The first-order chi connectivity index (χ1) is 13.6. The molecule has 154 valence electrons. The summed E-state index contributed by atoms with van der Waals surface area (Å²) in [4.78, 5) is 36.8. The summed E-state index contributed by atoms with van der Waals surface area (Å²) < 4.78 is 9.95. The van der Waals surface area contributed by atoms with Gasteiger partial charge in [-0.3, -0.25) is 10.1 Å². The van der Waals surface area contributed by atoms with Crippen molar-refractivity contribution < 1.29 is 23.9 Å². The summed E-state index contributed by atoms with van der Waals surface area (Å²) >= 11 is 6.25. The van der Waals surface area contributed by atoms with Gasteiger partial charge < -0.3 is 14.8 Å². The maximum atomic E-state index is 12.5. The van der Waals surface area contributed by atoms with Crippen LogP contribution in [0.1, 0.15) is 47.1 Å². The molecule has 0 saturated heterocycles. The zero-order chi connectivity index (χ0) is 21.6. The average molecular weight is 419 g/mol. The van der Waals surface area contributed by atoms with Gasteiger partial charge in [0.2, 0.25) is 0 Å². The molecule has 0 aliphatic rings. The predicted molar refractivity (Wildman–Crippen MR) is 110 cm³/mol. The number of methoxy groups -OCH3 is 1.